The molecular formula is C10H18N4OS. The maximum Gasteiger partial charge on any atom is 0.205 e. The van der Waals surface area contributed by atoms with Gasteiger partial charge in [0.25, 0.3) is 0 Å². The van der Waals surface area contributed by atoms with Gasteiger partial charge in [0.05, 0.1) is 6.61 Å². The van der Waals surface area contributed by atoms with Crippen LogP contribution in [0.4, 0.5) is 5.13 Å². The van der Waals surface area contributed by atoms with Crippen molar-refractivity contribution in [2.75, 3.05) is 31.1 Å². The number of nitrogens with one attached hydrogen (secondary N) is 1. The molecule has 2 N–H and O–H groups in total. The maximum absolute atomic E-state index is 8.74. The van der Waals surface area contributed by atoms with Gasteiger partial charge in [-0.05, 0) is 19.8 Å². The Labute approximate surface area is 99.7 Å². The molecule has 2 heterocycles. The maximum atomic E-state index is 8.74. The van der Waals surface area contributed by atoms with Gasteiger partial charge in [-0.3, -0.25) is 0 Å². The first kappa shape index (κ1) is 11.8. The highest BCUT2D eigenvalue weighted by molar-refractivity contribution is 7.09. The van der Waals surface area contributed by atoms with E-state index < -0.39 is 0 Å². The van der Waals surface area contributed by atoms with Gasteiger partial charge in [-0.15, -0.1) is 0 Å². The number of nitrogens with zero attached hydrogens (tertiary/aromatic N) is 3. The molecule has 16 heavy (non-hydrogen) atoms. The SMILES string of the molecule is Cc1nsc(N2CCC(NCCO)CC2)n1. The molecule has 1 aromatic heterocycles. The van der Waals surface area contributed by atoms with E-state index in [-0.39, 0.29) is 6.61 Å². The van der Waals surface area contributed by atoms with Gasteiger partial charge < -0.3 is 15.3 Å². The fourth-order valence-electron chi connectivity index (χ4n) is 1.96. The van der Waals surface area contributed by atoms with Gasteiger partial charge in [0, 0.05) is 37.2 Å². The van der Waals surface area contributed by atoms with Crippen LogP contribution in [-0.2, 0) is 0 Å². The predicted octanol–water partition coefficient (Wildman–Crippen LogP) is 0.397. The lowest BCUT2D eigenvalue weighted by atomic mass is 10.1. The fourth-order valence-corrected chi connectivity index (χ4v) is 2.68. The molecule has 0 bridgehead atoms. The van der Waals surface area contributed by atoms with Crippen molar-refractivity contribution in [1.29, 1.82) is 0 Å². The molecule has 0 amide bonds. The average Bonchev–Trinajstić information content (AvgIpc) is 2.74. The third-order valence-corrected chi connectivity index (χ3v) is 3.70. The van der Waals surface area contributed by atoms with Crippen molar-refractivity contribution in [3.63, 3.8) is 0 Å². The average molecular weight is 242 g/mol. The molecule has 1 aliphatic heterocycles. The second-order valence-electron chi connectivity index (χ2n) is 4.06. The van der Waals surface area contributed by atoms with E-state index >= 15 is 0 Å². The second kappa shape index (κ2) is 5.56. The number of rotatable bonds is 4. The van der Waals surface area contributed by atoms with Crippen LogP contribution in [-0.4, -0.2) is 46.7 Å². The van der Waals surface area contributed by atoms with Gasteiger partial charge in [0.2, 0.25) is 5.13 Å². The Morgan fingerprint density at radius 2 is 2.25 bits per heavy atom. The van der Waals surface area contributed by atoms with Crippen LogP contribution < -0.4 is 10.2 Å². The summed E-state index contributed by atoms with van der Waals surface area (Å²) in [6.07, 6.45) is 2.22. The summed E-state index contributed by atoms with van der Waals surface area (Å²) in [7, 11) is 0. The van der Waals surface area contributed by atoms with Crippen molar-refractivity contribution in [3.8, 4) is 0 Å². The number of piperidine rings is 1. The number of aliphatic hydroxyl groups excluding tert-OH is 1. The van der Waals surface area contributed by atoms with E-state index in [9.17, 15) is 0 Å². The van der Waals surface area contributed by atoms with E-state index in [1.54, 1.807) is 0 Å². The Kier molecular flexibility index (Phi) is 4.09. The van der Waals surface area contributed by atoms with Crippen LogP contribution in [0.1, 0.15) is 18.7 Å². The highest BCUT2D eigenvalue weighted by atomic mass is 32.1. The van der Waals surface area contributed by atoms with Crippen molar-refractivity contribution in [2.45, 2.75) is 25.8 Å². The van der Waals surface area contributed by atoms with E-state index in [0.29, 0.717) is 12.6 Å². The van der Waals surface area contributed by atoms with E-state index in [1.165, 1.54) is 11.5 Å². The zero-order valence-electron chi connectivity index (χ0n) is 9.52. The summed E-state index contributed by atoms with van der Waals surface area (Å²) in [6.45, 7) is 4.89. The van der Waals surface area contributed by atoms with Crippen molar-refractivity contribution in [3.05, 3.63) is 5.82 Å². The summed E-state index contributed by atoms with van der Waals surface area (Å²) in [4.78, 5) is 6.69. The van der Waals surface area contributed by atoms with Gasteiger partial charge in [0.1, 0.15) is 5.82 Å². The predicted molar refractivity (Wildman–Crippen MR) is 65.0 cm³/mol. The molecule has 0 spiro atoms. The zero-order valence-corrected chi connectivity index (χ0v) is 10.3. The molecule has 0 atom stereocenters. The molecule has 0 unspecified atom stereocenters. The molecule has 5 nitrogen and oxygen atoms in total. The number of aryl methyl sites for hydroxylation is 1. The van der Waals surface area contributed by atoms with Gasteiger partial charge in [-0.1, -0.05) is 0 Å². The van der Waals surface area contributed by atoms with Gasteiger partial charge in [-0.25, -0.2) is 4.98 Å². The van der Waals surface area contributed by atoms with Crippen LogP contribution in [0, 0.1) is 6.92 Å². The third-order valence-electron chi connectivity index (χ3n) is 2.83. The molecule has 0 aliphatic carbocycles. The summed E-state index contributed by atoms with van der Waals surface area (Å²) >= 11 is 1.48. The Morgan fingerprint density at radius 3 is 2.81 bits per heavy atom. The fraction of sp³-hybridized carbons (Fsp3) is 0.800. The number of aromatic nitrogens is 2. The molecule has 1 fully saturated rings. The molecule has 0 saturated carbocycles. The Hall–Kier alpha value is -0.720. The van der Waals surface area contributed by atoms with Gasteiger partial charge in [0.15, 0.2) is 0 Å². The van der Waals surface area contributed by atoms with Gasteiger partial charge >= 0.3 is 0 Å². The van der Waals surface area contributed by atoms with E-state index in [1.807, 2.05) is 6.92 Å². The molecule has 1 saturated heterocycles. The smallest absolute Gasteiger partial charge is 0.205 e. The van der Waals surface area contributed by atoms with Crippen molar-refractivity contribution in [2.24, 2.45) is 0 Å². The van der Waals surface area contributed by atoms with Gasteiger partial charge in [-0.2, -0.15) is 4.37 Å². The monoisotopic (exact) mass is 242 g/mol. The highest BCUT2D eigenvalue weighted by Crippen LogP contribution is 2.21. The number of anilines is 1. The Bertz CT molecular complexity index is 322. The Balaban J connectivity index is 1.81. The largest absolute Gasteiger partial charge is 0.395 e. The van der Waals surface area contributed by atoms with Crippen LogP contribution >= 0.6 is 11.5 Å². The van der Waals surface area contributed by atoms with E-state index in [2.05, 4.69) is 19.6 Å². The summed E-state index contributed by atoms with van der Waals surface area (Å²) in [5.41, 5.74) is 0. The van der Waals surface area contributed by atoms with E-state index in [0.717, 1.165) is 36.9 Å². The number of hydrogen-bond donors (Lipinski definition) is 2. The third kappa shape index (κ3) is 2.90. The van der Waals surface area contributed by atoms with Crippen LogP contribution in [0.2, 0.25) is 0 Å². The molecule has 0 aromatic carbocycles. The summed E-state index contributed by atoms with van der Waals surface area (Å²) in [5, 5.41) is 13.1. The Morgan fingerprint density at radius 1 is 1.50 bits per heavy atom. The van der Waals surface area contributed by atoms with E-state index in [4.69, 9.17) is 5.11 Å². The quantitative estimate of drug-likeness (QED) is 0.800. The first-order valence-electron chi connectivity index (χ1n) is 5.69. The summed E-state index contributed by atoms with van der Waals surface area (Å²) in [6, 6.07) is 0.539. The first-order valence-corrected chi connectivity index (χ1v) is 6.46. The molecule has 6 heteroatoms. The zero-order chi connectivity index (χ0) is 11.4. The van der Waals surface area contributed by atoms with Crippen molar-refractivity contribution < 1.29 is 5.11 Å². The lowest BCUT2D eigenvalue weighted by molar-refractivity contribution is 0.277. The standard InChI is InChI=1S/C10H18N4OS/c1-8-12-10(16-13-8)14-5-2-9(3-6-14)11-4-7-15/h9,11,15H,2-7H2,1H3. The number of aliphatic hydroxyl groups is 1. The molecule has 1 aliphatic rings. The van der Waals surface area contributed by atoms with Crippen LogP contribution in [0.25, 0.3) is 0 Å². The lowest BCUT2D eigenvalue weighted by Crippen LogP contribution is -2.43. The first-order chi connectivity index (χ1) is 7.79. The highest BCUT2D eigenvalue weighted by Gasteiger charge is 2.20. The molecule has 0 radical (unpaired) electrons. The van der Waals surface area contributed by atoms with Crippen LogP contribution in [0.5, 0.6) is 0 Å². The molecule has 90 valence electrons. The second-order valence-corrected chi connectivity index (χ2v) is 4.79. The summed E-state index contributed by atoms with van der Waals surface area (Å²) < 4.78 is 4.20. The molecular weight excluding hydrogens is 224 g/mol. The topological polar surface area (TPSA) is 61.3 Å². The van der Waals surface area contributed by atoms with Crippen molar-refractivity contribution in [1.82, 2.24) is 14.7 Å². The molecule has 2 rings (SSSR count). The normalized spacial score (nSPS) is 18.0. The minimum Gasteiger partial charge on any atom is -0.395 e. The summed E-state index contributed by atoms with van der Waals surface area (Å²) in [5.74, 6) is 0.862. The van der Waals surface area contributed by atoms with Crippen molar-refractivity contribution >= 4 is 16.7 Å². The minimum atomic E-state index is 0.218. The van der Waals surface area contributed by atoms with Crippen LogP contribution in [0.3, 0.4) is 0 Å². The minimum absolute atomic E-state index is 0.218. The van der Waals surface area contributed by atoms with Crippen LogP contribution in [0.15, 0.2) is 0 Å². The number of hydrogen-bond acceptors (Lipinski definition) is 6. The lowest BCUT2D eigenvalue weighted by Gasteiger charge is -2.31. The molecule has 1 aromatic rings.